The molecule has 0 aromatic heterocycles. The van der Waals surface area contributed by atoms with Crippen LogP contribution < -0.4 is 5.73 Å². The van der Waals surface area contributed by atoms with Gasteiger partial charge in [-0.05, 0) is 51.8 Å². The van der Waals surface area contributed by atoms with Crippen molar-refractivity contribution in [1.82, 2.24) is 0 Å². The Hall–Kier alpha value is -0.710. The summed E-state index contributed by atoms with van der Waals surface area (Å²) in [6.07, 6.45) is 0. The molecule has 0 fully saturated rings. The minimum Gasteiger partial charge on any atom is -0.398 e. The zero-order valence-corrected chi connectivity index (χ0v) is 12.4. The number of rotatable bonds is 3. The summed E-state index contributed by atoms with van der Waals surface area (Å²) in [5, 5.41) is 0.626. The number of anilines is 1. The van der Waals surface area contributed by atoms with E-state index in [9.17, 15) is 4.39 Å². The topological polar surface area (TPSA) is 26.0 Å². The van der Waals surface area contributed by atoms with Crippen LogP contribution in [0.2, 0.25) is 5.02 Å². The Morgan fingerprint density at radius 2 is 2.00 bits per heavy atom. The summed E-state index contributed by atoms with van der Waals surface area (Å²) >= 11 is 10.6. The molecule has 1 nitrogen and oxygen atoms in total. The monoisotopic (exact) mass is 345 g/mol. The summed E-state index contributed by atoms with van der Waals surface area (Å²) < 4.78 is 13.6. The van der Waals surface area contributed by atoms with Crippen LogP contribution in [0.4, 0.5) is 10.1 Å². The van der Waals surface area contributed by atoms with Crippen LogP contribution >= 0.6 is 39.3 Å². The molecule has 0 amide bonds. The first-order valence-corrected chi connectivity index (χ1v) is 7.33. The SMILES string of the molecule is Nc1cc(Cl)ccc1SCc1ccc(F)c(Br)c1. The highest BCUT2D eigenvalue weighted by molar-refractivity contribution is 9.10. The van der Waals surface area contributed by atoms with Crippen molar-refractivity contribution in [2.75, 3.05) is 5.73 Å². The van der Waals surface area contributed by atoms with Crippen LogP contribution in [0.15, 0.2) is 45.8 Å². The molecule has 0 saturated carbocycles. The van der Waals surface area contributed by atoms with E-state index >= 15 is 0 Å². The molecule has 18 heavy (non-hydrogen) atoms. The Balaban J connectivity index is 2.09. The van der Waals surface area contributed by atoms with Crippen LogP contribution in [0, 0.1) is 5.82 Å². The van der Waals surface area contributed by atoms with Crippen LogP contribution in [0.25, 0.3) is 0 Å². The second-order valence-electron chi connectivity index (χ2n) is 3.72. The molecular weight excluding hydrogens is 337 g/mol. The smallest absolute Gasteiger partial charge is 0.137 e. The second kappa shape index (κ2) is 5.95. The molecule has 2 aromatic rings. The van der Waals surface area contributed by atoms with Crippen molar-refractivity contribution in [2.45, 2.75) is 10.6 Å². The molecule has 0 heterocycles. The average Bonchev–Trinajstić information content (AvgIpc) is 2.32. The number of hydrogen-bond donors (Lipinski definition) is 1. The van der Waals surface area contributed by atoms with Crippen LogP contribution in [-0.4, -0.2) is 0 Å². The molecule has 5 heteroatoms. The highest BCUT2D eigenvalue weighted by Crippen LogP contribution is 2.31. The molecule has 0 bridgehead atoms. The number of halogens is 3. The largest absolute Gasteiger partial charge is 0.398 e. The van der Waals surface area contributed by atoms with Crippen molar-refractivity contribution in [3.8, 4) is 0 Å². The fourth-order valence-corrected chi connectivity index (χ4v) is 2.94. The summed E-state index contributed by atoms with van der Waals surface area (Å²) in [6.45, 7) is 0. The standard InChI is InChI=1S/C13H10BrClFNS/c14-10-5-8(1-3-11(10)16)7-18-13-4-2-9(15)6-12(13)17/h1-6H,7,17H2. The molecule has 2 rings (SSSR count). The average molecular weight is 347 g/mol. The summed E-state index contributed by atoms with van der Waals surface area (Å²) in [4.78, 5) is 0.972. The third kappa shape index (κ3) is 3.40. The fraction of sp³-hybridized carbons (Fsp3) is 0.0769. The van der Waals surface area contributed by atoms with Gasteiger partial charge in [-0.3, -0.25) is 0 Å². The van der Waals surface area contributed by atoms with Gasteiger partial charge in [-0.15, -0.1) is 11.8 Å². The third-order valence-corrected chi connectivity index (χ3v) is 4.35. The Labute approximate surface area is 123 Å². The molecule has 2 aromatic carbocycles. The quantitative estimate of drug-likeness (QED) is 0.617. The summed E-state index contributed by atoms with van der Waals surface area (Å²) in [6, 6.07) is 10.4. The summed E-state index contributed by atoms with van der Waals surface area (Å²) in [5.41, 5.74) is 7.56. The van der Waals surface area contributed by atoms with E-state index in [2.05, 4.69) is 15.9 Å². The molecule has 0 aliphatic rings. The Morgan fingerprint density at radius 1 is 1.22 bits per heavy atom. The van der Waals surface area contributed by atoms with E-state index in [0.29, 0.717) is 15.2 Å². The van der Waals surface area contributed by atoms with E-state index in [1.54, 1.807) is 36.0 Å². The maximum Gasteiger partial charge on any atom is 0.137 e. The summed E-state index contributed by atoms with van der Waals surface area (Å²) in [7, 11) is 0. The van der Waals surface area contributed by atoms with Crippen LogP contribution in [0.1, 0.15) is 5.56 Å². The van der Waals surface area contributed by atoms with E-state index in [0.717, 1.165) is 16.2 Å². The normalized spacial score (nSPS) is 10.6. The van der Waals surface area contributed by atoms with Gasteiger partial charge in [0.1, 0.15) is 5.82 Å². The lowest BCUT2D eigenvalue weighted by Crippen LogP contribution is -1.89. The van der Waals surface area contributed by atoms with Crippen molar-refractivity contribution in [2.24, 2.45) is 0 Å². The van der Waals surface area contributed by atoms with E-state index < -0.39 is 0 Å². The Bertz CT molecular complexity index is 577. The highest BCUT2D eigenvalue weighted by atomic mass is 79.9. The van der Waals surface area contributed by atoms with Gasteiger partial charge in [-0.2, -0.15) is 0 Å². The van der Waals surface area contributed by atoms with Crippen molar-refractivity contribution in [3.05, 3.63) is 57.3 Å². The predicted octanol–water partition coefficient (Wildman–Crippen LogP) is 5.12. The van der Waals surface area contributed by atoms with Crippen molar-refractivity contribution in [1.29, 1.82) is 0 Å². The van der Waals surface area contributed by atoms with Gasteiger partial charge in [0.15, 0.2) is 0 Å². The van der Waals surface area contributed by atoms with E-state index in [1.165, 1.54) is 6.07 Å². The molecule has 94 valence electrons. The van der Waals surface area contributed by atoms with E-state index in [4.69, 9.17) is 17.3 Å². The van der Waals surface area contributed by atoms with Crippen molar-refractivity contribution >= 4 is 45.0 Å². The molecule has 0 saturated heterocycles. The zero-order valence-electron chi connectivity index (χ0n) is 9.29. The van der Waals surface area contributed by atoms with Crippen molar-refractivity contribution < 1.29 is 4.39 Å². The van der Waals surface area contributed by atoms with E-state index in [1.807, 2.05) is 6.07 Å². The Morgan fingerprint density at radius 3 is 2.67 bits per heavy atom. The third-order valence-electron chi connectivity index (χ3n) is 2.35. The molecule has 0 aliphatic carbocycles. The number of benzene rings is 2. The van der Waals surface area contributed by atoms with Crippen molar-refractivity contribution in [3.63, 3.8) is 0 Å². The van der Waals surface area contributed by atoms with Gasteiger partial charge in [0.2, 0.25) is 0 Å². The Kier molecular flexibility index (Phi) is 4.54. The number of hydrogen-bond acceptors (Lipinski definition) is 2. The number of nitrogens with two attached hydrogens (primary N) is 1. The molecule has 0 aliphatic heterocycles. The highest BCUT2D eigenvalue weighted by Gasteiger charge is 2.04. The number of nitrogen functional groups attached to an aromatic ring is 1. The zero-order chi connectivity index (χ0) is 13.1. The predicted molar refractivity (Wildman–Crippen MR) is 79.5 cm³/mol. The number of thioether (sulfide) groups is 1. The first kappa shape index (κ1) is 13.7. The van der Waals surface area contributed by atoms with Gasteiger partial charge in [-0.1, -0.05) is 17.7 Å². The van der Waals surface area contributed by atoms with Gasteiger partial charge < -0.3 is 5.73 Å². The molecule has 0 spiro atoms. The van der Waals surface area contributed by atoms with Crippen LogP contribution in [0.5, 0.6) is 0 Å². The lowest BCUT2D eigenvalue weighted by Gasteiger charge is -2.06. The van der Waals surface area contributed by atoms with Crippen LogP contribution in [0.3, 0.4) is 0 Å². The van der Waals surface area contributed by atoms with Crippen LogP contribution in [-0.2, 0) is 5.75 Å². The maximum absolute atomic E-state index is 13.1. The second-order valence-corrected chi connectivity index (χ2v) is 6.03. The molecule has 0 atom stereocenters. The lowest BCUT2D eigenvalue weighted by atomic mass is 10.2. The van der Waals surface area contributed by atoms with E-state index in [-0.39, 0.29) is 5.82 Å². The summed E-state index contributed by atoms with van der Waals surface area (Å²) in [5.74, 6) is 0.472. The molecule has 0 unspecified atom stereocenters. The first-order valence-electron chi connectivity index (χ1n) is 5.18. The van der Waals surface area contributed by atoms with Gasteiger partial charge in [-0.25, -0.2) is 4.39 Å². The van der Waals surface area contributed by atoms with Gasteiger partial charge in [0.05, 0.1) is 4.47 Å². The molecule has 2 N–H and O–H groups in total. The minimum atomic E-state index is -0.255. The minimum absolute atomic E-state index is 0.255. The molecule has 0 radical (unpaired) electrons. The maximum atomic E-state index is 13.1. The first-order chi connectivity index (χ1) is 8.56. The lowest BCUT2D eigenvalue weighted by molar-refractivity contribution is 0.620. The van der Waals surface area contributed by atoms with Gasteiger partial charge in [0.25, 0.3) is 0 Å². The fourth-order valence-electron chi connectivity index (χ4n) is 1.44. The van der Waals surface area contributed by atoms with Gasteiger partial charge >= 0.3 is 0 Å². The van der Waals surface area contributed by atoms with Gasteiger partial charge in [0, 0.05) is 21.4 Å². The molecular formula is C13H10BrClFNS.